The van der Waals surface area contributed by atoms with Crippen LogP contribution < -0.4 is 169 Å². The molecule has 0 aliphatic heterocycles. The average molecular weight is 462 g/mol. The van der Waals surface area contributed by atoms with Gasteiger partial charge < -0.3 is 34.8 Å². The molecule has 0 radical (unpaired) electrons. The maximum absolute atomic E-state index is 10.1. The molecule has 2 rings (SSSR count). The second kappa shape index (κ2) is 18.2. The number of rotatable bonds is 6. The first-order chi connectivity index (χ1) is 11.7. The Balaban J connectivity index is -0.000000403. The summed E-state index contributed by atoms with van der Waals surface area (Å²) >= 11 is 0. The fourth-order valence-corrected chi connectivity index (χ4v) is 1.83. The van der Waals surface area contributed by atoms with Gasteiger partial charge in [0.1, 0.15) is 5.60 Å². The summed E-state index contributed by atoms with van der Waals surface area (Å²) in [6, 6.07) is 16.1. The number of aliphatic carboxylic acids is 3. The van der Waals surface area contributed by atoms with Crippen molar-refractivity contribution in [1.82, 2.24) is 4.98 Å². The molecule has 0 amide bonds. The molecule has 0 atom stereocenters. The molecule has 0 spiro atoms. The Morgan fingerprint density at radius 3 is 1.64 bits per heavy atom. The Hall–Kier alpha value is 1.65. The summed E-state index contributed by atoms with van der Waals surface area (Å²) < 4.78 is 0. The predicted molar refractivity (Wildman–Crippen MR) is 78.9 cm³/mol. The number of aromatic nitrogens is 1. The van der Waals surface area contributed by atoms with Gasteiger partial charge in [-0.3, -0.25) is 4.98 Å². The van der Waals surface area contributed by atoms with Crippen molar-refractivity contribution in [2.45, 2.75) is 18.4 Å². The Morgan fingerprint density at radius 2 is 1.29 bits per heavy atom. The van der Waals surface area contributed by atoms with Crippen LogP contribution in [0.3, 0.4) is 0 Å². The van der Waals surface area contributed by atoms with Crippen molar-refractivity contribution in [1.29, 1.82) is 0 Å². The monoisotopic (exact) mass is 461 g/mol. The van der Waals surface area contributed by atoms with E-state index in [4.69, 9.17) is 5.11 Å². The molecule has 2 aromatic rings. The third-order valence-corrected chi connectivity index (χ3v) is 2.99. The summed E-state index contributed by atoms with van der Waals surface area (Å²) in [5.74, 6) is -5.98. The second-order valence-electron chi connectivity index (χ2n) is 5.00. The Labute approximate surface area is 289 Å². The number of carboxylic acids is 3. The zero-order valence-electron chi connectivity index (χ0n) is 16.0. The van der Waals surface area contributed by atoms with E-state index in [1.165, 1.54) is 0 Å². The van der Waals surface area contributed by atoms with E-state index >= 15 is 0 Å². The summed E-state index contributed by atoms with van der Waals surface area (Å²) in [5, 5.41) is 38.9. The van der Waals surface area contributed by atoms with Crippen molar-refractivity contribution in [3.8, 4) is 11.3 Å². The number of benzene rings is 1. The molecule has 1 aromatic heterocycles. The maximum atomic E-state index is 10.1. The van der Waals surface area contributed by atoms with E-state index in [0.29, 0.717) is 0 Å². The number of nitrogens with zero attached hydrogens (tertiary/aromatic N) is 1. The van der Waals surface area contributed by atoms with Crippen LogP contribution in [0.1, 0.15) is 12.8 Å². The molecule has 1 N–H and O–H groups in total. The number of pyridine rings is 1. The van der Waals surface area contributed by atoms with Crippen molar-refractivity contribution in [2.75, 3.05) is 0 Å². The van der Waals surface area contributed by atoms with Gasteiger partial charge in [0.15, 0.2) is 0 Å². The second-order valence-corrected chi connectivity index (χ2v) is 5.00. The first-order valence-corrected chi connectivity index (χ1v) is 7.04. The molecular formula is C17H14K3NO7. The molecule has 28 heavy (non-hydrogen) atoms. The van der Waals surface area contributed by atoms with Gasteiger partial charge in [0, 0.05) is 36.5 Å². The molecular weight excluding hydrogens is 447 g/mol. The van der Waals surface area contributed by atoms with Crippen LogP contribution in [0, 0.1) is 0 Å². The maximum Gasteiger partial charge on any atom is 1.00 e. The predicted octanol–water partition coefficient (Wildman–Crippen LogP) is -11.5. The summed E-state index contributed by atoms with van der Waals surface area (Å²) in [4.78, 5) is 34.2. The third-order valence-electron chi connectivity index (χ3n) is 2.99. The van der Waals surface area contributed by atoms with Gasteiger partial charge in [0.2, 0.25) is 0 Å². The molecule has 0 aliphatic rings. The van der Waals surface area contributed by atoms with Crippen molar-refractivity contribution in [3.05, 3.63) is 54.7 Å². The summed E-state index contributed by atoms with van der Waals surface area (Å²) in [6.45, 7) is 0. The summed E-state index contributed by atoms with van der Waals surface area (Å²) in [6.07, 6.45) is -0.908. The third kappa shape index (κ3) is 13.9. The zero-order chi connectivity index (χ0) is 18.9. The van der Waals surface area contributed by atoms with Gasteiger partial charge in [-0.25, -0.2) is 0 Å². The average Bonchev–Trinajstić information content (AvgIpc) is 2.55. The minimum Gasteiger partial charge on any atom is -0.550 e. The molecule has 0 unspecified atom stereocenters. The first-order valence-electron chi connectivity index (χ1n) is 7.04. The zero-order valence-corrected chi connectivity index (χ0v) is 25.3. The summed E-state index contributed by atoms with van der Waals surface area (Å²) in [5.41, 5.74) is -0.784. The van der Waals surface area contributed by atoms with Gasteiger partial charge in [-0.15, -0.1) is 0 Å². The molecule has 132 valence electrons. The van der Waals surface area contributed by atoms with Gasteiger partial charge in [0.05, 0.1) is 11.7 Å². The molecule has 0 saturated carbocycles. The van der Waals surface area contributed by atoms with Crippen LogP contribution in [0.4, 0.5) is 0 Å². The molecule has 11 heteroatoms. The minimum atomic E-state index is -2.97. The number of carboxylic acid groups (broad SMARTS) is 3. The molecule has 0 saturated heterocycles. The Kier molecular flexibility index (Phi) is 22.3. The fourth-order valence-electron chi connectivity index (χ4n) is 1.83. The van der Waals surface area contributed by atoms with Crippen LogP contribution >= 0.6 is 0 Å². The van der Waals surface area contributed by atoms with Crippen molar-refractivity contribution >= 4 is 17.9 Å². The summed E-state index contributed by atoms with van der Waals surface area (Å²) in [7, 11) is 0. The number of carbonyl (C=O) groups is 3. The minimum absolute atomic E-state index is 0. The van der Waals surface area contributed by atoms with E-state index in [0.717, 1.165) is 11.3 Å². The van der Waals surface area contributed by atoms with Crippen molar-refractivity contribution in [3.63, 3.8) is 0 Å². The van der Waals surface area contributed by atoms with Gasteiger partial charge in [-0.2, -0.15) is 0 Å². The van der Waals surface area contributed by atoms with Crippen LogP contribution in [0.15, 0.2) is 54.7 Å². The molecule has 0 fully saturated rings. The number of aliphatic hydroxyl groups is 1. The van der Waals surface area contributed by atoms with E-state index in [2.05, 4.69) is 17.1 Å². The topological polar surface area (TPSA) is 154 Å². The van der Waals surface area contributed by atoms with Gasteiger partial charge >= 0.3 is 154 Å². The van der Waals surface area contributed by atoms with Crippen LogP contribution in [0.25, 0.3) is 11.3 Å². The normalized spacial score (nSPS) is 9.18. The standard InChI is InChI=1S/C11H9N.C6H8O7.3K/c1-2-6-10(7-3-1)11-8-4-5-9-12-11;7-3(8)1-6(13,5(11)12)2-4(9)10;;;/h1-9H;13H,1-2H2,(H,7,8)(H,9,10)(H,11,12);;;/q;;3*+1/p-3. The molecule has 1 aromatic carbocycles. The first kappa shape index (κ1) is 34.3. The van der Waals surface area contributed by atoms with Gasteiger partial charge in [-0.1, -0.05) is 36.4 Å². The van der Waals surface area contributed by atoms with Crippen molar-refractivity contribution < 1.29 is 189 Å². The van der Waals surface area contributed by atoms with Crippen LogP contribution in [0.2, 0.25) is 0 Å². The van der Waals surface area contributed by atoms with Crippen LogP contribution in [-0.4, -0.2) is 33.6 Å². The van der Waals surface area contributed by atoms with E-state index in [-0.39, 0.29) is 154 Å². The van der Waals surface area contributed by atoms with Crippen LogP contribution in [0.5, 0.6) is 0 Å². The van der Waals surface area contributed by atoms with Gasteiger partial charge in [0.25, 0.3) is 0 Å². The Morgan fingerprint density at radius 1 is 0.821 bits per heavy atom. The molecule has 8 nitrogen and oxygen atoms in total. The van der Waals surface area contributed by atoms with E-state index < -0.39 is 36.4 Å². The van der Waals surface area contributed by atoms with E-state index in [1.54, 1.807) is 0 Å². The van der Waals surface area contributed by atoms with E-state index in [9.17, 15) is 29.7 Å². The number of hydrogen-bond acceptors (Lipinski definition) is 8. The van der Waals surface area contributed by atoms with Gasteiger partial charge in [-0.05, 0) is 12.1 Å². The van der Waals surface area contributed by atoms with Crippen molar-refractivity contribution in [2.24, 2.45) is 0 Å². The number of carbonyl (C=O) groups excluding carboxylic acids is 3. The largest absolute Gasteiger partial charge is 1.00 e. The quantitative estimate of drug-likeness (QED) is 0.416. The number of hydrogen-bond donors (Lipinski definition) is 1. The SMILES string of the molecule is O=C([O-])CC(O)(CC(=O)[O-])C(=O)[O-].[K+].[K+].[K+].c1ccc(-c2ccccn2)cc1. The molecule has 1 heterocycles. The fraction of sp³-hybridized carbons (Fsp3) is 0.176. The van der Waals surface area contributed by atoms with Crippen LogP contribution in [-0.2, 0) is 14.4 Å². The Bertz CT molecular complexity index is 677. The smallest absolute Gasteiger partial charge is 0.550 e. The van der Waals surface area contributed by atoms with E-state index in [1.807, 2.05) is 42.6 Å². The molecule has 0 bridgehead atoms. The molecule has 0 aliphatic carbocycles.